The monoisotopic (exact) mass is 826 g/mol. The van der Waals surface area contributed by atoms with Crippen molar-refractivity contribution in [3.63, 3.8) is 0 Å². The van der Waals surface area contributed by atoms with Crippen LogP contribution < -0.4 is 0 Å². The third-order valence-corrected chi connectivity index (χ3v) is 23.6. The Hall–Kier alpha value is 1.67. The molecule has 48 heavy (non-hydrogen) atoms. The molecule has 280 valence electrons. The van der Waals surface area contributed by atoms with Crippen LogP contribution in [0.1, 0.15) is 218 Å². The summed E-state index contributed by atoms with van der Waals surface area (Å²) in [5.41, 5.74) is 8.52. The molecule has 0 saturated heterocycles. The van der Waals surface area contributed by atoms with Gasteiger partial charge in [-0.3, -0.25) is 0 Å². The molecule has 0 unspecified atom stereocenters. The molecule has 0 aromatic heterocycles. The van der Waals surface area contributed by atoms with Crippen molar-refractivity contribution in [3.8, 4) is 0 Å². The molecular formula is C43H76Cl2P2Ru. The van der Waals surface area contributed by atoms with Crippen molar-refractivity contribution in [3.05, 3.63) is 11.6 Å². The van der Waals surface area contributed by atoms with Crippen molar-refractivity contribution in [1.82, 2.24) is 0 Å². The van der Waals surface area contributed by atoms with Gasteiger partial charge in [-0.15, -0.1) is 0 Å². The molecule has 6 saturated carbocycles. The van der Waals surface area contributed by atoms with Crippen LogP contribution in [-0.2, 0) is 13.5 Å². The van der Waals surface area contributed by atoms with Gasteiger partial charge in [0.05, 0.1) is 0 Å². The molecule has 0 nitrogen and oxygen atoms in total. The van der Waals surface area contributed by atoms with Gasteiger partial charge in [-0.25, -0.2) is 0 Å². The van der Waals surface area contributed by atoms with Crippen LogP contribution in [0.25, 0.3) is 0 Å². The van der Waals surface area contributed by atoms with Crippen molar-refractivity contribution in [2.45, 2.75) is 252 Å². The van der Waals surface area contributed by atoms with Crippen molar-refractivity contribution < 1.29 is 13.5 Å². The Balaban J connectivity index is 0.000000148. The molecule has 0 bridgehead atoms. The summed E-state index contributed by atoms with van der Waals surface area (Å²) in [4.78, 5) is 0. The molecule has 0 N–H and O–H groups in total. The molecule has 7 rings (SSSR count). The summed E-state index contributed by atoms with van der Waals surface area (Å²) in [6.07, 6.45) is 54.5. The number of allylic oxidation sites excluding steroid dienone is 2. The predicted octanol–water partition coefficient (Wildman–Crippen LogP) is 16.1. The summed E-state index contributed by atoms with van der Waals surface area (Å²) in [6, 6.07) is 0. The van der Waals surface area contributed by atoms with Gasteiger partial charge in [0.15, 0.2) is 0 Å². The number of halogens is 2. The van der Waals surface area contributed by atoms with Crippen molar-refractivity contribution in [1.29, 1.82) is 0 Å². The van der Waals surface area contributed by atoms with Gasteiger partial charge in [0.2, 0.25) is 0 Å². The van der Waals surface area contributed by atoms with Crippen LogP contribution in [0.3, 0.4) is 0 Å². The van der Waals surface area contributed by atoms with Gasteiger partial charge in [-0.05, 0) is 111 Å². The van der Waals surface area contributed by atoms with Crippen LogP contribution in [0.2, 0.25) is 0 Å². The molecule has 0 aliphatic heterocycles. The fraction of sp³-hybridized carbons (Fsp3) is 0.930. The van der Waals surface area contributed by atoms with Crippen LogP contribution in [0.5, 0.6) is 0 Å². The Morgan fingerprint density at radius 3 is 0.875 bits per heavy atom. The molecule has 6 fully saturated rings. The maximum atomic E-state index is 5.72. The quantitative estimate of drug-likeness (QED) is 0.177. The Kier molecular flexibility index (Phi) is 20.6. The molecule has 0 amide bonds. The summed E-state index contributed by atoms with van der Waals surface area (Å²) in [5.74, 6) is 0. The van der Waals surface area contributed by atoms with Crippen LogP contribution in [0, 0.1) is 0 Å². The zero-order valence-electron chi connectivity index (χ0n) is 31.2. The third kappa shape index (κ3) is 14.1. The summed E-state index contributed by atoms with van der Waals surface area (Å²) < 4.78 is 2.06. The van der Waals surface area contributed by atoms with Crippen LogP contribution >= 0.6 is 35.2 Å². The molecular weight excluding hydrogens is 750 g/mol. The van der Waals surface area contributed by atoms with E-state index < -0.39 is 13.5 Å². The average molecular weight is 827 g/mol. The van der Waals surface area contributed by atoms with E-state index in [1.807, 2.05) is 0 Å². The second-order valence-electron chi connectivity index (χ2n) is 17.0. The molecule has 0 atom stereocenters. The Morgan fingerprint density at radius 1 is 0.396 bits per heavy atom. The Labute approximate surface area is 315 Å². The summed E-state index contributed by atoms with van der Waals surface area (Å²) >= 11 is -1.53. The molecule has 0 aromatic carbocycles. The van der Waals surface area contributed by atoms with Gasteiger partial charge in [-0.2, -0.15) is 0 Å². The minimum absolute atomic E-state index is 0.385. The van der Waals surface area contributed by atoms with Crippen molar-refractivity contribution in [2.24, 2.45) is 0 Å². The first-order valence-electron chi connectivity index (χ1n) is 21.8. The van der Waals surface area contributed by atoms with Gasteiger partial charge in [0.1, 0.15) is 0 Å². The SMILES string of the molecule is C1CCC(P(C2CCCCC2)C2CCCCC2)CC1.C1CCC(P(C2CCCCC2)C2CCCCC2)CC1.[Cl][Ru]([Cl])=[CH]C1=CCCCC1. The van der Waals surface area contributed by atoms with E-state index in [9.17, 15) is 0 Å². The zero-order valence-corrected chi connectivity index (χ0v) is 36.2. The second-order valence-corrected chi connectivity index (χ2v) is 28.9. The molecule has 7 aliphatic carbocycles. The van der Waals surface area contributed by atoms with Gasteiger partial charge in [-0.1, -0.05) is 131 Å². The van der Waals surface area contributed by atoms with E-state index in [4.69, 9.17) is 19.4 Å². The van der Waals surface area contributed by atoms with E-state index in [1.165, 1.54) is 104 Å². The standard InChI is InChI=1S/2C18H33P.C7H10.2ClH.Ru/c2*1-4-10-16(11-5-1)19(17-12-6-2-7-13-17)18-14-8-3-9-15-18;1-7-5-3-2-4-6-7;;;/h2*16-18H,1-15H2;1,5H,2-4,6H2;2*1H;/q;;;;;+2/p-2. The molecule has 0 heterocycles. The molecule has 0 radical (unpaired) electrons. The first kappa shape index (κ1) is 40.8. The minimum atomic E-state index is -1.53. The van der Waals surface area contributed by atoms with E-state index >= 15 is 0 Å². The van der Waals surface area contributed by atoms with Gasteiger partial charge < -0.3 is 0 Å². The molecule has 0 aromatic rings. The first-order chi connectivity index (χ1) is 23.7. The fourth-order valence-electron chi connectivity index (χ4n) is 11.1. The van der Waals surface area contributed by atoms with E-state index in [0.29, 0.717) is 15.8 Å². The van der Waals surface area contributed by atoms with Crippen molar-refractivity contribution in [2.75, 3.05) is 0 Å². The van der Waals surface area contributed by atoms with Crippen LogP contribution in [0.15, 0.2) is 11.6 Å². The topological polar surface area (TPSA) is 0 Å². The normalized spacial score (nSPS) is 27.0. The summed E-state index contributed by atoms with van der Waals surface area (Å²) in [6.45, 7) is 0. The molecule has 7 aliphatic rings. The van der Waals surface area contributed by atoms with Gasteiger partial charge in [0, 0.05) is 0 Å². The van der Waals surface area contributed by atoms with Crippen LogP contribution in [-0.4, -0.2) is 38.6 Å². The second kappa shape index (κ2) is 24.2. The van der Waals surface area contributed by atoms with Gasteiger partial charge >= 0.3 is 74.8 Å². The first-order valence-corrected chi connectivity index (χ1v) is 30.3. The van der Waals surface area contributed by atoms with E-state index in [0.717, 1.165) is 0 Å². The molecule has 0 spiro atoms. The number of rotatable bonds is 7. The zero-order chi connectivity index (χ0) is 33.2. The van der Waals surface area contributed by atoms with Crippen LogP contribution in [0.4, 0.5) is 0 Å². The summed E-state index contributed by atoms with van der Waals surface area (Å²) in [7, 11) is 12.2. The Morgan fingerprint density at radius 2 is 0.667 bits per heavy atom. The maximum absolute atomic E-state index is 5.72. The van der Waals surface area contributed by atoms with E-state index in [1.54, 1.807) is 154 Å². The summed E-state index contributed by atoms with van der Waals surface area (Å²) in [5, 5.41) is 0. The fourth-order valence-corrected chi connectivity index (χ4v) is 22.6. The molecule has 5 heteroatoms. The Bertz CT molecular complexity index is 758. The number of hydrogen-bond acceptors (Lipinski definition) is 0. The van der Waals surface area contributed by atoms with E-state index in [2.05, 4.69) is 10.7 Å². The van der Waals surface area contributed by atoms with E-state index in [-0.39, 0.29) is 0 Å². The third-order valence-electron chi connectivity index (χ3n) is 13.5. The number of hydrogen-bond donors (Lipinski definition) is 0. The predicted molar refractivity (Wildman–Crippen MR) is 219 cm³/mol. The van der Waals surface area contributed by atoms with Gasteiger partial charge in [0.25, 0.3) is 0 Å². The van der Waals surface area contributed by atoms with Crippen molar-refractivity contribution >= 4 is 39.8 Å². The average Bonchev–Trinajstić information content (AvgIpc) is 3.15.